The van der Waals surface area contributed by atoms with Gasteiger partial charge in [-0.15, -0.1) is 11.3 Å². The fourth-order valence-electron chi connectivity index (χ4n) is 4.23. The number of hydrogen-bond donors (Lipinski definition) is 0. The number of nitrogens with zero attached hydrogens (tertiary/aromatic N) is 3. The zero-order chi connectivity index (χ0) is 21.8. The Bertz CT molecular complexity index is 1170. The lowest BCUT2D eigenvalue weighted by Crippen LogP contribution is -2.34. The number of benzene rings is 2. The number of carbonyl (C=O) groups excluding carboxylic acids is 1. The fourth-order valence-corrected chi connectivity index (χ4v) is 5.45. The summed E-state index contributed by atoms with van der Waals surface area (Å²) < 4.78 is 6.03. The van der Waals surface area contributed by atoms with Gasteiger partial charge in [-0.1, -0.05) is 60.7 Å². The van der Waals surface area contributed by atoms with E-state index in [0.717, 1.165) is 34.2 Å². The van der Waals surface area contributed by atoms with Crippen LogP contribution in [-0.4, -0.2) is 27.4 Å². The van der Waals surface area contributed by atoms with Crippen molar-refractivity contribution >= 4 is 27.5 Å². The predicted molar refractivity (Wildman–Crippen MR) is 127 cm³/mol. The van der Waals surface area contributed by atoms with E-state index in [0.29, 0.717) is 19.0 Å². The van der Waals surface area contributed by atoms with E-state index in [9.17, 15) is 4.79 Å². The highest BCUT2D eigenvalue weighted by atomic mass is 32.1. The van der Waals surface area contributed by atoms with Crippen LogP contribution in [0.15, 0.2) is 67.0 Å². The third-order valence-electron chi connectivity index (χ3n) is 5.83. The Balaban J connectivity index is 1.36. The summed E-state index contributed by atoms with van der Waals surface area (Å²) >= 11 is 1.73. The molecular weight excluding hydrogens is 418 g/mol. The second-order valence-corrected chi connectivity index (χ2v) is 9.16. The molecule has 5 rings (SSSR count). The van der Waals surface area contributed by atoms with Crippen molar-refractivity contribution in [2.75, 3.05) is 6.61 Å². The van der Waals surface area contributed by atoms with Crippen LogP contribution in [0, 0.1) is 0 Å². The molecule has 1 aliphatic rings. The first-order valence-electron chi connectivity index (χ1n) is 11.0. The Morgan fingerprint density at radius 3 is 2.25 bits per heavy atom. The van der Waals surface area contributed by atoms with Crippen molar-refractivity contribution in [3.8, 4) is 5.88 Å². The third-order valence-corrected chi connectivity index (χ3v) is 7.03. The van der Waals surface area contributed by atoms with Crippen LogP contribution in [0.4, 0.5) is 0 Å². The highest BCUT2D eigenvalue weighted by Gasteiger charge is 2.22. The van der Waals surface area contributed by atoms with E-state index in [2.05, 4.69) is 9.97 Å². The van der Waals surface area contributed by atoms with Crippen molar-refractivity contribution in [2.24, 2.45) is 0 Å². The molecule has 162 valence electrons. The molecule has 0 atom stereocenters. The minimum absolute atomic E-state index is 0.0452. The summed E-state index contributed by atoms with van der Waals surface area (Å²) in [6.07, 6.45) is 6.05. The molecule has 32 heavy (non-hydrogen) atoms. The minimum Gasteiger partial charge on any atom is -0.467 e. The second-order valence-electron chi connectivity index (χ2n) is 8.08. The number of aromatic nitrogens is 2. The van der Waals surface area contributed by atoms with Gasteiger partial charge in [0.1, 0.15) is 11.2 Å². The van der Waals surface area contributed by atoms with Gasteiger partial charge in [0.2, 0.25) is 5.88 Å². The first-order chi connectivity index (χ1) is 15.8. The van der Waals surface area contributed by atoms with Gasteiger partial charge in [0.15, 0.2) is 6.61 Å². The molecule has 4 aromatic rings. The number of aryl methyl sites for hydroxylation is 2. The van der Waals surface area contributed by atoms with Crippen LogP contribution in [0.1, 0.15) is 34.4 Å². The molecule has 5 nitrogen and oxygen atoms in total. The number of carbonyl (C=O) groups is 1. The molecule has 2 aromatic carbocycles. The van der Waals surface area contributed by atoms with Gasteiger partial charge < -0.3 is 9.64 Å². The number of fused-ring (bicyclic) bond motifs is 3. The van der Waals surface area contributed by atoms with Crippen LogP contribution >= 0.6 is 11.3 Å². The van der Waals surface area contributed by atoms with Gasteiger partial charge >= 0.3 is 0 Å². The molecule has 0 unspecified atom stereocenters. The lowest BCUT2D eigenvalue weighted by atomic mass is 9.97. The normalized spacial score (nSPS) is 13.0. The topological polar surface area (TPSA) is 55.3 Å². The molecule has 1 amide bonds. The number of thiophene rings is 1. The van der Waals surface area contributed by atoms with Crippen molar-refractivity contribution in [1.82, 2.24) is 14.9 Å². The van der Waals surface area contributed by atoms with Crippen LogP contribution in [0.5, 0.6) is 5.88 Å². The smallest absolute Gasteiger partial charge is 0.261 e. The lowest BCUT2D eigenvalue weighted by molar-refractivity contribution is -0.134. The highest BCUT2D eigenvalue weighted by Crippen LogP contribution is 2.38. The number of rotatable bonds is 7. The van der Waals surface area contributed by atoms with E-state index in [1.165, 1.54) is 29.6 Å². The molecule has 2 aromatic heterocycles. The molecular formula is C26H25N3O2S. The van der Waals surface area contributed by atoms with Crippen LogP contribution in [0.25, 0.3) is 10.2 Å². The van der Waals surface area contributed by atoms with Gasteiger partial charge in [0, 0.05) is 18.0 Å². The quantitative estimate of drug-likeness (QED) is 0.395. The maximum atomic E-state index is 13.2. The maximum Gasteiger partial charge on any atom is 0.261 e. The van der Waals surface area contributed by atoms with E-state index in [1.54, 1.807) is 11.3 Å². The standard InChI is InChI=1S/C26H25N3O2S/c30-23(29(15-19-9-3-1-4-10-19)16-20-11-5-2-6-12-20)17-31-25-24-21-13-7-8-14-22(21)32-26(24)28-18-27-25/h1-6,9-12,18H,7-8,13-17H2. The Kier molecular flexibility index (Phi) is 6.12. The molecule has 1 aliphatic carbocycles. The SMILES string of the molecule is O=C(COc1ncnc2sc3c(c12)CCCC3)N(Cc1ccccc1)Cc1ccccc1. The van der Waals surface area contributed by atoms with Gasteiger partial charge in [-0.3, -0.25) is 4.79 Å². The van der Waals surface area contributed by atoms with Crippen LogP contribution in [0.3, 0.4) is 0 Å². The van der Waals surface area contributed by atoms with Crippen LogP contribution < -0.4 is 4.74 Å². The predicted octanol–water partition coefficient (Wildman–Crippen LogP) is 5.18. The summed E-state index contributed by atoms with van der Waals surface area (Å²) in [6, 6.07) is 20.1. The summed E-state index contributed by atoms with van der Waals surface area (Å²) in [5.41, 5.74) is 3.49. The Labute approximate surface area is 191 Å². The summed E-state index contributed by atoms with van der Waals surface area (Å²) in [6.45, 7) is 1.02. The van der Waals surface area contributed by atoms with Gasteiger partial charge in [0.05, 0.1) is 5.39 Å². The van der Waals surface area contributed by atoms with Gasteiger partial charge in [-0.2, -0.15) is 0 Å². The number of amides is 1. The summed E-state index contributed by atoms with van der Waals surface area (Å²) in [4.78, 5) is 26.3. The lowest BCUT2D eigenvalue weighted by Gasteiger charge is -2.23. The molecule has 0 spiro atoms. The Hall–Kier alpha value is -3.25. The molecule has 0 fully saturated rings. The van der Waals surface area contributed by atoms with Gasteiger partial charge in [-0.05, 0) is 42.4 Å². The van der Waals surface area contributed by atoms with E-state index >= 15 is 0 Å². The Morgan fingerprint density at radius 2 is 1.56 bits per heavy atom. The van der Waals surface area contributed by atoms with E-state index < -0.39 is 0 Å². The Morgan fingerprint density at radius 1 is 0.906 bits per heavy atom. The van der Waals surface area contributed by atoms with Crippen molar-refractivity contribution in [1.29, 1.82) is 0 Å². The first-order valence-corrected chi connectivity index (χ1v) is 11.8. The largest absolute Gasteiger partial charge is 0.467 e. The van der Waals surface area contributed by atoms with Gasteiger partial charge in [-0.25, -0.2) is 9.97 Å². The van der Waals surface area contributed by atoms with E-state index in [1.807, 2.05) is 65.6 Å². The maximum absolute atomic E-state index is 13.2. The van der Waals surface area contributed by atoms with Crippen molar-refractivity contribution in [2.45, 2.75) is 38.8 Å². The molecule has 0 aliphatic heterocycles. The van der Waals surface area contributed by atoms with Crippen molar-refractivity contribution in [3.63, 3.8) is 0 Å². The monoisotopic (exact) mass is 443 g/mol. The fraction of sp³-hybridized carbons (Fsp3) is 0.269. The minimum atomic E-state index is -0.0615. The van der Waals surface area contributed by atoms with Crippen LogP contribution in [-0.2, 0) is 30.7 Å². The van der Waals surface area contributed by atoms with E-state index in [-0.39, 0.29) is 12.5 Å². The van der Waals surface area contributed by atoms with Crippen molar-refractivity contribution in [3.05, 3.63) is 88.6 Å². The first kappa shape index (κ1) is 20.6. The molecule has 0 bridgehead atoms. The van der Waals surface area contributed by atoms with Gasteiger partial charge in [0.25, 0.3) is 5.91 Å². The average molecular weight is 444 g/mol. The average Bonchev–Trinajstić information content (AvgIpc) is 3.23. The summed E-state index contributed by atoms with van der Waals surface area (Å²) in [7, 11) is 0. The zero-order valence-electron chi connectivity index (χ0n) is 17.9. The third kappa shape index (κ3) is 4.50. The number of hydrogen-bond acceptors (Lipinski definition) is 5. The molecule has 0 radical (unpaired) electrons. The molecule has 0 saturated heterocycles. The molecule has 0 N–H and O–H groups in total. The molecule has 0 saturated carbocycles. The highest BCUT2D eigenvalue weighted by molar-refractivity contribution is 7.18. The summed E-state index contributed by atoms with van der Waals surface area (Å²) in [5.74, 6) is 0.468. The zero-order valence-corrected chi connectivity index (χ0v) is 18.7. The molecule has 6 heteroatoms. The summed E-state index contributed by atoms with van der Waals surface area (Å²) in [5, 5.41) is 0.998. The van der Waals surface area contributed by atoms with Crippen molar-refractivity contribution < 1.29 is 9.53 Å². The number of ether oxygens (including phenoxy) is 1. The van der Waals surface area contributed by atoms with Crippen LogP contribution in [0.2, 0.25) is 0 Å². The van der Waals surface area contributed by atoms with E-state index in [4.69, 9.17) is 4.74 Å². The molecule has 2 heterocycles. The second kappa shape index (κ2) is 9.49.